The number of hydrogen-bond donors (Lipinski definition) is 2. The maximum absolute atomic E-state index is 5.44. The highest BCUT2D eigenvalue weighted by molar-refractivity contribution is 7.99. The summed E-state index contributed by atoms with van der Waals surface area (Å²) >= 11 is 2.03. The number of nitrogens with one attached hydrogen (secondary N) is 2. The maximum atomic E-state index is 5.44. The lowest BCUT2D eigenvalue weighted by Crippen LogP contribution is -2.32. The molecule has 150 valence electrons. The number of aromatic amines is 2. The van der Waals surface area contributed by atoms with E-state index < -0.39 is 0 Å². The van der Waals surface area contributed by atoms with Gasteiger partial charge in [0.25, 0.3) is 0 Å². The molecule has 0 spiro atoms. The van der Waals surface area contributed by atoms with Gasteiger partial charge < -0.3 is 19.6 Å². The molecular formula is C24H22N4OS. The van der Waals surface area contributed by atoms with Gasteiger partial charge in [-0.25, -0.2) is 4.98 Å². The van der Waals surface area contributed by atoms with E-state index in [0.29, 0.717) is 0 Å². The largest absolute Gasteiger partial charge is 0.497 e. The summed E-state index contributed by atoms with van der Waals surface area (Å²) in [6.45, 7) is 2.20. The first-order valence-corrected chi connectivity index (χ1v) is 11.4. The highest BCUT2D eigenvalue weighted by Gasteiger charge is 2.17. The van der Waals surface area contributed by atoms with Crippen molar-refractivity contribution in [2.45, 2.75) is 0 Å². The van der Waals surface area contributed by atoms with E-state index in [1.807, 2.05) is 30.1 Å². The zero-order valence-electron chi connectivity index (χ0n) is 16.7. The lowest BCUT2D eigenvalue weighted by Gasteiger charge is -2.28. The van der Waals surface area contributed by atoms with Crippen LogP contribution < -0.4 is 9.64 Å². The van der Waals surface area contributed by atoms with Crippen LogP contribution in [0.5, 0.6) is 5.75 Å². The van der Waals surface area contributed by atoms with Crippen molar-refractivity contribution in [1.82, 2.24) is 15.0 Å². The molecule has 0 amide bonds. The van der Waals surface area contributed by atoms with Gasteiger partial charge in [0.05, 0.1) is 23.8 Å². The number of nitrogens with zero attached hydrogens (tertiary/aromatic N) is 2. The molecule has 1 fully saturated rings. The number of ether oxygens (including phenoxy) is 1. The summed E-state index contributed by atoms with van der Waals surface area (Å²) in [5.74, 6) is 3.20. The Morgan fingerprint density at radius 3 is 2.73 bits per heavy atom. The molecule has 1 aliphatic heterocycles. The smallest absolute Gasteiger partial charge is 0.121 e. The van der Waals surface area contributed by atoms with Crippen LogP contribution in [0, 0.1) is 0 Å². The molecule has 0 aliphatic carbocycles. The molecule has 1 saturated heterocycles. The second-order valence-electron chi connectivity index (χ2n) is 7.64. The summed E-state index contributed by atoms with van der Waals surface area (Å²) in [6.07, 6.45) is 4.07. The van der Waals surface area contributed by atoms with Crippen molar-refractivity contribution in [2.24, 2.45) is 0 Å². The average molecular weight is 415 g/mol. The molecular weight excluding hydrogens is 392 g/mol. The number of aromatic nitrogens is 3. The Hall–Kier alpha value is -3.12. The standard InChI is InChI=1S/C24H22N4OS/c1-29-16-3-4-17-18-6-7-25-23(18)24(27-22(17)13-16)20-14-26-21-5-2-15(12-19(20)21)28-8-10-30-11-9-28/h2-7,12-14,25-26H,8-11H2,1H3. The van der Waals surface area contributed by atoms with E-state index in [1.165, 1.54) is 28.0 Å². The summed E-state index contributed by atoms with van der Waals surface area (Å²) in [5, 5.41) is 3.51. The van der Waals surface area contributed by atoms with Crippen LogP contribution in [0.2, 0.25) is 0 Å². The number of benzene rings is 2. The zero-order valence-corrected chi connectivity index (χ0v) is 17.6. The molecule has 30 heavy (non-hydrogen) atoms. The van der Waals surface area contributed by atoms with Crippen molar-refractivity contribution in [3.8, 4) is 17.0 Å². The van der Waals surface area contributed by atoms with Gasteiger partial charge in [0.15, 0.2) is 0 Å². The average Bonchev–Trinajstić information content (AvgIpc) is 3.46. The molecule has 5 nitrogen and oxygen atoms in total. The highest BCUT2D eigenvalue weighted by atomic mass is 32.2. The van der Waals surface area contributed by atoms with Crippen molar-refractivity contribution in [1.29, 1.82) is 0 Å². The van der Waals surface area contributed by atoms with Crippen molar-refractivity contribution in [3.05, 3.63) is 54.9 Å². The monoisotopic (exact) mass is 414 g/mol. The molecule has 6 heteroatoms. The lowest BCUT2D eigenvalue weighted by atomic mass is 10.0. The number of methoxy groups -OCH3 is 1. The van der Waals surface area contributed by atoms with Gasteiger partial charge in [-0.3, -0.25) is 0 Å². The molecule has 2 aromatic carbocycles. The summed E-state index contributed by atoms with van der Waals surface area (Å²) in [5.41, 5.74) is 6.51. The molecule has 4 heterocycles. The second kappa shape index (κ2) is 6.99. The summed E-state index contributed by atoms with van der Waals surface area (Å²) in [6, 6.07) is 14.9. The fraction of sp³-hybridized carbons (Fsp3) is 0.208. The fourth-order valence-corrected chi connectivity index (χ4v) is 5.35. The van der Waals surface area contributed by atoms with Crippen LogP contribution >= 0.6 is 11.8 Å². The van der Waals surface area contributed by atoms with E-state index in [1.54, 1.807) is 7.11 Å². The van der Waals surface area contributed by atoms with Crippen molar-refractivity contribution < 1.29 is 4.74 Å². The van der Waals surface area contributed by atoms with E-state index in [2.05, 4.69) is 51.4 Å². The third-order valence-electron chi connectivity index (χ3n) is 6.01. The minimum Gasteiger partial charge on any atom is -0.497 e. The van der Waals surface area contributed by atoms with E-state index in [4.69, 9.17) is 9.72 Å². The van der Waals surface area contributed by atoms with Gasteiger partial charge in [-0.1, -0.05) is 0 Å². The molecule has 3 aromatic heterocycles. The molecule has 5 aromatic rings. The van der Waals surface area contributed by atoms with Gasteiger partial charge in [0.1, 0.15) is 5.75 Å². The molecule has 0 atom stereocenters. The minimum atomic E-state index is 0.819. The number of pyridine rings is 1. The van der Waals surface area contributed by atoms with Gasteiger partial charge in [-0.2, -0.15) is 11.8 Å². The topological polar surface area (TPSA) is 56.9 Å². The van der Waals surface area contributed by atoms with Crippen LogP contribution in [-0.4, -0.2) is 46.7 Å². The van der Waals surface area contributed by atoms with Crippen LogP contribution in [0.25, 0.3) is 44.0 Å². The van der Waals surface area contributed by atoms with Crippen molar-refractivity contribution in [3.63, 3.8) is 0 Å². The van der Waals surface area contributed by atoms with Crippen LogP contribution in [0.1, 0.15) is 0 Å². The number of thioether (sulfide) groups is 1. The Bertz CT molecular complexity index is 1380. The Labute approximate surface area is 178 Å². The normalized spacial score (nSPS) is 14.8. The maximum Gasteiger partial charge on any atom is 0.121 e. The third kappa shape index (κ3) is 2.75. The van der Waals surface area contributed by atoms with Crippen molar-refractivity contribution >= 4 is 50.2 Å². The van der Waals surface area contributed by atoms with Gasteiger partial charge in [-0.15, -0.1) is 0 Å². The molecule has 2 N–H and O–H groups in total. The van der Waals surface area contributed by atoms with E-state index in [0.717, 1.165) is 52.0 Å². The number of fused-ring (bicyclic) bond motifs is 4. The Morgan fingerprint density at radius 1 is 0.967 bits per heavy atom. The van der Waals surface area contributed by atoms with Crippen molar-refractivity contribution in [2.75, 3.05) is 36.6 Å². The minimum absolute atomic E-state index is 0.819. The highest BCUT2D eigenvalue weighted by Crippen LogP contribution is 2.37. The number of H-pyrrole nitrogens is 2. The second-order valence-corrected chi connectivity index (χ2v) is 8.87. The van der Waals surface area contributed by atoms with Gasteiger partial charge in [-0.05, 0) is 36.4 Å². The molecule has 1 aliphatic rings. The summed E-state index contributed by atoms with van der Waals surface area (Å²) < 4.78 is 5.44. The van der Waals surface area contributed by atoms with Crippen LogP contribution in [-0.2, 0) is 0 Å². The molecule has 0 saturated carbocycles. The van der Waals surface area contributed by atoms with Crippen LogP contribution in [0.4, 0.5) is 5.69 Å². The molecule has 0 unspecified atom stereocenters. The van der Waals surface area contributed by atoms with Gasteiger partial charge >= 0.3 is 0 Å². The predicted octanol–water partition coefficient (Wildman–Crippen LogP) is 5.43. The summed E-state index contributed by atoms with van der Waals surface area (Å²) in [4.78, 5) is 14.4. The Morgan fingerprint density at radius 2 is 1.87 bits per heavy atom. The SMILES string of the molecule is COc1ccc2c(c1)nc(-c1c[nH]c3ccc(N4CCSCC4)cc13)c1[nH]ccc12. The summed E-state index contributed by atoms with van der Waals surface area (Å²) in [7, 11) is 1.69. The van der Waals surface area contributed by atoms with E-state index >= 15 is 0 Å². The van der Waals surface area contributed by atoms with Crippen LogP contribution in [0.3, 0.4) is 0 Å². The first kappa shape index (κ1) is 17.7. The molecule has 0 bridgehead atoms. The molecule has 0 radical (unpaired) electrons. The lowest BCUT2D eigenvalue weighted by molar-refractivity contribution is 0.415. The Kier molecular flexibility index (Phi) is 4.13. The van der Waals surface area contributed by atoms with Gasteiger partial charge in [0, 0.05) is 76.0 Å². The zero-order chi connectivity index (χ0) is 20.1. The van der Waals surface area contributed by atoms with E-state index in [-0.39, 0.29) is 0 Å². The first-order chi connectivity index (χ1) is 14.8. The predicted molar refractivity (Wildman–Crippen MR) is 127 cm³/mol. The fourth-order valence-electron chi connectivity index (χ4n) is 4.44. The number of rotatable bonds is 3. The number of anilines is 1. The molecule has 6 rings (SSSR count). The van der Waals surface area contributed by atoms with E-state index in [9.17, 15) is 0 Å². The first-order valence-electron chi connectivity index (χ1n) is 10.2. The number of hydrogen-bond acceptors (Lipinski definition) is 4. The third-order valence-corrected chi connectivity index (χ3v) is 6.95. The van der Waals surface area contributed by atoms with Gasteiger partial charge in [0.2, 0.25) is 0 Å². The quantitative estimate of drug-likeness (QED) is 0.414. The van der Waals surface area contributed by atoms with Crippen LogP contribution in [0.15, 0.2) is 54.9 Å². The Balaban J connectivity index is 1.57.